The predicted molar refractivity (Wildman–Crippen MR) is 59.3 cm³/mol. The highest BCUT2D eigenvalue weighted by atomic mass is 14.9. The van der Waals surface area contributed by atoms with Gasteiger partial charge < -0.3 is 5.32 Å². The molecule has 0 aliphatic heterocycles. The Kier molecular flexibility index (Phi) is 3.35. The summed E-state index contributed by atoms with van der Waals surface area (Å²) in [5.41, 5.74) is 3.97. The Balaban J connectivity index is 2.87. The maximum atomic E-state index is 3.53. The molecule has 0 saturated carbocycles. The van der Waals surface area contributed by atoms with Gasteiger partial charge in [-0.3, -0.25) is 0 Å². The van der Waals surface area contributed by atoms with Crippen molar-refractivity contribution in [1.29, 1.82) is 0 Å². The van der Waals surface area contributed by atoms with Gasteiger partial charge in [-0.25, -0.2) is 0 Å². The Bertz CT molecular complexity index is 258. The highest BCUT2D eigenvalue weighted by molar-refractivity contribution is 5.57. The quantitative estimate of drug-likeness (QED) is 0.745. The molecule has 0 radical (unpaired) electrons. The molecular formula is C12H19N. The number of rotatable bonds is 3. The van der Waals surface area contributed by atoms with Crippen LogP contribution in [0.4, 0.5) is 5.69 Å². The minimum Gasteiger partial charge on any atom is -0.382 e. The van der Waals surface area contributed by atoms with E-state index in [2.05, 4.69) is 51.2 Å². The number of aryl methyl sites for hydroxylation is 2. The first kappa shape index (κ1) is 10.1. The number of benzene rings is 1. The van der Waals surface area contributed by atoms with Crippen molar-refractivity contribution in [3.05, 3.63) is 29.3 Å². The third kappa shape index (κ3) is 2.48. The van der Waals surface area contributed by atoms with Crippen LogP contribution >= 0.6 is 0 Å². The maximum Gasteiger partial charge on any atom is 0.0401 e. The van der Waals surface area contributed by atoms with Crippen molar-refractivity contribution < 1.29 is 0 Å². The van der Waals surface area contributed by atoms with Crippen molar-refractivity contribution in [2.24, 2.45) is 0 Å². The second-order valence-electron chi connectivity index (χ2n) is 3.72. The molecule has 0 aliphatic rings. The normalized spacial score (nSPS) is 12.6. The summed E-state index contributed by atoms with van der Waals surface area (Å²) in [4.78, 5) is 0. The van der Waals surface area contributed by atoms with Gasteiger partial charge in [0.15, 0.2) is 0 Å². The lowest BCUT2D eigenvalue weighted by Crippen LogP contribution is -2.15. The van der Waals surface area contributed by atoms with Crippen molar-refractivity contribution in [2.75, 3.05) is 5.32 Å². The number of anilines is 1. The molecule has 0 aliphatic carbocycles. The number of hydrogen-bond donors (Lipinski definition) is 1. The summed E-state index contributed by atoms with van der Waals surface area (Å²) in [6.45, 7) is 8.71. The Morgan fingerprint density at radius 2 is 1.77 bits per heavy atom. The zero-order valence-corrected chi connectivity index (χ0v) is 9.02. The lowest BCUT2D eigenvalue weighted by Gasteiger charge is -2.17. The summed E-state index contributed by atoms with van der Waals surface area (Å²) in [7, 11) is 0. The fourth-order valence-electron chi connectivity index (χ4n) is 1.39. The van der Waals surface area contributed by atoms with Crippen LogP contribution in [0.3, 0.4) is 0 Å². The van der Waals surface area contributed by atoms with E-state index in [-0.39, 0.29) is 0 Å². The average Bonchev–Trinajstić information content (AvgIpc) is 2.11. The first-order valence-corrected chi connectivity index (χ1v) is 4.98. The topological polar surface area (TPSA) is 12.0 Å². The smallest absolute Gasteiger partial charge is 0.0401 e. The van der Waals surface area contributed by atoms with Crippen LogP contribution in [0.1, 0.15) is 31.4 Å². The van der Waals surface area contributed by atoms with E-state index in [1.165, 1.54) is 16.8 Å². The first-order chi connectivity index (χ1) is 6.15. The molecule has 72 valence electrons. The molecule has 0 amide bonds. The summed E-state index contributed by atoms with van der Waals surface area (Å²) in [5, 5.41) is 3.53. The van der Waals surface area contributed by atoms with E-state index in [1.807, 2.05) is 0 Å². The largest absolute Gasteiger partial charge is 0.382 e. The van der Waals surface area contributed by atoms with Crippen molar-refractivity contribution in [3.8, 4) is 0 Å². The van der Waals surface area contributed by atoms with Crippen LogP contribution in [0.5, 0.6) is 0 Å². The summed E-state index contributed by atoms with van der Waals surface area (Å²) < 4.78 is 0. The van der Waals surface area contributed by atoms with Crippen LogP contribution in [0.25, 0.3) is 0 Å². The van der Waals surface area contributed by atoms with Gasteiger partial charge in [0.05, 0.1) is 0 Å². The molecule has 1 atom stereocenters. The van der Waals surface area contributed by atoms with E-state index in [4.69, 9.17) is 0 Å². The van der Waals surface area contributed by atoms with E-state index in [9.17, 15) is 0 Å². The zero-order valence-electron chi connectivity index (χ0n) is 9.02. The second kappa shape index (κ2) is 4.31. The van der Waals surface area contributed by atoms with Gasteiger partial charge in [-0.05, 0) is 38.3 Å². The van der Waals surface area contributed by atoms with Crippen LogP contribution in [0.2, 0.25) is 0 Å². The van der Waals surface area contributed by atoms with Gasteiger partial charge in [-0.15, -0.1) is 0 Å². The van der Waals surface area contributed by atoms with Gasteiger partial charge in [-0.2, -0.15) is 0 Å². The molecule has 1 rings (SSSR count). The summed E-state index contributed by atoms with van der Waals surface area (Å²) in [6, 6.07) is 6.96. The van der Waals surface area contributed by atoms with Gasteiger partial charge in [0.2, 0.25) is 0 Å². The fourth-order valence-corrected chi connectivity index (χ4v) is 1.39. The summed E-state index contributed by atoms with van der Waals surface area (Å²) in [5.74, 6) is 0. The van der Waals surface area contributed by atoms with Crippen LogP contribution in [0, 0.1) is 13.8 Å². The van der Waals surface area contributed by atoms with Crippen molar-refractivity contribution in [2.45, 2.75) is 40.2 Å². The Hall–Kier alpha value is -0.980. The zero-order chi connectivity index (χ0) is 9.84. The van der Waals surface area contributed by atoms with E-state index >= 15 is 0 Å². The molecule has 0 bridgehead atoms. The molecule has 0 aromatic heterocycles. The second-order valence-corrected chi connectivity index (χ2v) is 3.72. The van der Waals surface area contributed by atoms with E-state index in [0.717, 1.165) is 6.42 Å². The van der Waals surface area contributed by atoms with Crippen LogP contribution in [-0.4, -0.2) is 6.04 Å². The van der Waals surface area contributed by atoms with Crippen LogP contribution in [-0.2, 0) is 0 Å². The Morgan fingerprint density at radius 1 is 1.23 bits per heavy atom. The maximum absolute atomic E-state index is 3.53. The highest BCUT2D eigenvalue weighted by Gasteiger charge is 2.03. The first-order valence-electron chi connectivity index (χ1n) is 4.98. The van der Waals surface area contributed by atoms with Crippen LogP contribution in [0.15, 0.2) is 18.2 Å². The molecule has 0 spiro atoms. The molecule has 0 saturated heterocycles. The minimum atomic E-state index is 0.555. The van der Waals surface area contributed by atoms with E-state index in [1.54, 1.807) is 0 Å². The molecule has 1 aromatic carbocycles. The molecular weight excluding hydrogens is 158 g/mol. The molecule has 0 fully saturated rings. The third-order valence-electron chi connectivity index (χ3n) is 2.48. The van der Waals surface area contributed by atoms with Gasteiger partial charge in [0.1, 0.15) is 0 Å². The molecule has 1 heteroatoms. The Morgan fingerprint density at radius 3 is 2.23 bits per heavy atom. The lowest BCUT2D eigenvalue weighted by atomic mass is 10.1. The molecule has 0 heterocycles. The number of para-hydroxylation sites is 1. The molecule has 1 unspecified atom stereocenters. The van der Waals surface area contributed by atoms with Crippen molar-refractivity contribution in [1.82, 2.24) is 0 Å². The lowest BCUT2D eigenvalue weighted by molar-refractivity contribution is 0.762. The standard InChI is InChI=1S/C12H19N/c1-5-11(4)13-12-9(2)7-6-8-10(12)3/h6-8,11,13H,5H2,1-4H3. The number of nitrogens with one attached hydrogen (secondary N) is 1. The highest BCUT2D eigenvalue weighted by Crippen LogP contribution is 2.20. The summed E-state index contributed by atoms with van der Waals surface area (Å²) >= 11 is 0. The summed E-state index contributed by atoms with van der Waals surface area (Å²) in [6.07, 6.45) is 1.16. The van der Waals surface area contributed by atoms with Gasteiger partial charge in [0.25, 0.3) is 0 Å². The van der Waals surface area contributed by atoms with Gasteiger partial charge >= 0.3 is 0 Å². The average molecular weight is 177 g/mol. The molecule has 1 nitrogen and oxygen atoms in total. The van der Waals surface area contributed by atoms with E-state index < -0.39 is 0 Å². The SMILES string of the molecule is CCC(C)Nc1c(C)cccc1C. The molecule has 13 heavy (non-hydrogen) atoms. The predicted octanol–water partition coefficient (Wildman–Crippen LogP) is 3.51. The van der Waals surface area contributed by atoms with Gasteiger partial charge in [0, 0.05) is 11.7 Å². The monoisotopic (exact) mass is 177 g/mol. The number of hydrogen-bond acceptors (Lipinski definition) is 1. The fraction of sp³-hybridized carbons (Fsp3) is 0.500. The molecule has 1 aromatic rings. The van der Waals surface area contributed by atoms with Crippen molar-refractivity contribution >= 4 is 5.69 Å². The van der Waals surface area contributed by atoms with Crippen molar-refractivity contribution in [3.63, 3.8) is 0 Å². The third-order valence-corrected chi connectivity index (χ3v) is 2.48. The Labute approximate surface area is 81.2 Å². The van der Waals surface area contributed by atoms with E-state index in [0.29, 0.717) is 6.04 Å². The minimum absolute atomic E-state index is 0.555. The van der Waals surface area contributed by atoms with Gasteiger partial charge in [-0.1, -0.05) is 25.1 Å². The molecule has 1 N–H and O–H groups in total. The van der Waals surface area contributed by atoms with Crippen LogP contribution < -0.4 is 5.32 Å².